The summed E-state index contributed by atoms with van der Waals surface area (Å²) in [5.41, 5.74) is 0.843. The predicted octanol–water partition coefficient (Wildman–Crippen LogP) is 1.73. The number of hydrogen-bond acceptors (Lipinski definition) is 7. The summed E-state index contributed by atoms with van der Waals surface area (Å²) in [7, 11) is -3.82. The maximum atomic E-state index is 12.7. The summed E-state index contributed by atoms with van der Waals surface area (Å²) in [5, 5.41) is 2.70. The number of nitrogens with zero attached hydrogens (tertiary/aromatic N) is 1. The number of carbonyl (C=O) groups excluding carboxylic acids is 2. The third-order valence-corrected chi connectivity index (χ3v) is 6.73. The number of thioether (sulfide) groups is 1. The van der Waals surface area contributed by atoms with E-state index in [1.165, 1.54) is 28.8 Å². The van der Waals surface area contributed by atoms with Gasteiger partial charge in [-0.3, -0.25) is 14.3 Å². The van der Waals surface area contributed by atoms with Gasteiger partial charge in [-0.1, -0.05) is 0 Å². The Labute approximate surface area is 177 Å². The van der Waals surface area contributed by atoms with Crippen LogP contribution in [0.3, 0.4) is 0 Å². The highest BCUT2D eigenvalue weighted by Gasteiger charge is 2.23. The standard InChI is InChI=1S/C19H19N3O6S2/c23-18(10-22-12-29-11-19(22)24)20-13-1-3-14(4-2-13)21-30(25,26)15-5-6-16-17(9-15)28-8-7-27-16/h1-6,9,21H,7-8,10-12H2,(H,20,23). The molecule has 158 valence electrons. The molecular formula is C19H19N3O6S2. The van der Waals surface area contributed by atoms with E-state index in [9.17, 15) is 18.0 Å². The molecule has 0 spiro atoms. The van der Waals surface area contributed by atoms with Crippen LogP contribution in [0.5, 0.6) is 11.5 Å². The molecule has 0 bridgehead atoms. The van der Waals surface area contributed by atoms with E-state index in [4.69, 9.17) is 9.47 Å². The van der Waals surface area contributed by atoms with Crippen LogP contribution < -0.4 is 19.5 Å². The molecule has 0 radical (unpaired) electrons. The summed E-state index contributed by atoms with van der Waals surface area (Å²) in [5.74, 6) is 1.43. The molecule has 2 N–H and O–H groups in total. The molecule has 2 aliphatic heterocycles. The second-order valence-electron chi connectivity index (χ2n) is 6.61. The van der Waals surface area contributed by atoms with Crippen molar-refractivity contribution in [1.29, 1.82) is 0 Å². The van der Waals surface area contributed by atoms with Crippen molar-refractivity contribution in [1.82, 2.24) is 4.90 Å². The lowest BCUT2D eigenvalue weighted by molar-refractivity contribution is -0.130. The van der Waals surface area contributed by atoms with Gasteiger partial charge in [0.2, 0.25) is 11.8 Å². The van der Waals surface area contributed by atoms with Crippen LogP contribution in [-0.4, -0.2) is 56.5 Å². The Morgan fingerprint density at radius 1 is 1.03 bits per heavy atom. The summed E-state index contributed by atoms with van der Waals surface area (Å²) in [6, 6.07) is 10.7. The fraction of sp³-hybridized carbons (Fsp3) is 0.263. The minimum atomic E-state index is -3.82. The highest BCUT2D eigenvalue weighted by molar-refractivity contribution is 8.00. The van der Waals surface area contributed by atoms with Gasteiger partial charge in [-0.15, -0.1) is 11.8 Å². The van der Waals surface area contributed by atoms with Gasteiger partial charge in [0.05, 0.1) is 16.5 Å². The van der Waals surface area contributed by atoms with E-state index in [0.29, 0.717) is 47.7 Å². The normalized spacial score (nSPS) is 15.7. The Morgan fingerprint density at radius 2 is 1.73 bits per heavy atom. The monoisotopic (exact) mass is 449 g/mol. The third kappa shape index (κ3) is 4.62. The van der Waals surface area contributed by atoms with Gasteiger partial charge in [0.1, 0.15) is 19.8 Å². The molecule has 2 amide bonds. The molecule has 0 aromatic heterocycles. The zero-order chi connectivity index (χ0) is 21.1. The second kappa shape index (κ2) is 8.44. The number of hydrogen-bond donors (Lipinski definition) is 2. The molecule has 1 saturated heterocycles. The third-order valence-electron chi connectivity index (χ3n) is 4.40. The number of amides is 2. The van der Waals surface area contributed by atoms with Crippen molar-refractivity contribution in [2.45, 2.75) is 4.90 Å². The van der Waals surface area contributed by atoms with Gasteiger partial charge in [-0.25, -0.2) is 8.42 Å². The fourth-order valence-electron chi connectivity index (χ4n) is 2.94. The predicted molar refractivity (Wildman–Crippen MR) is 112 cm³/mol. The Kier molecular flexibility index (Phi) is 5.73. The van der Waals surface area contributed by atoms with Crippen LogP contribution in [0.15, 0.2) is 47.4 Å². The summed E-state index contributed by atoms with van der Waals surface area (Å²) >= 11 is 1.47. The van der Waals surface area contributed by atoms with Crippen LogP contribution in [0.25, 0.3) is 0 Å². The first-order valence-corrected chi connectivity index (χ1v) is 11.7. The molecule has 1 fully saturated rings. The zero-order valence-electron chi connectivity index (χ0n) is 15.8. The Bertz CT molecular complexity index is 1070. The van der Waals surface area contributed by atoms with Crippen LogP contribution in [0.4, 0.5) is 11.4 Å². The molecule has 2 aliphatic rings. The lowest BCUT2D eigenvalue weighted by Gasteiger charge is -2.19. The summed E-state index contributed by atoms with van der Waals surface area (Å²) in [6.07, 6.45) is 0. The van der Waals surface area contributed by atoms with Crippen molar-refractivity contribution in [3.8, 4) is 11.5 Å². The molecule has 2 aromatic rings. The van der Waals surface area contributed by atoms with Crippen molar-refractivity contribution in [3.05, 3.63) is 42.5 Å². The maximum absolute atomic E-state index is 12.7. The number of rotatable bonds is 6. The Hall–Kier alpha value is -2.92. The quantitative estimate of drug-likeness (QED) is 0.690. The van der Waals surface area contributed by atoms with E-state index in [1.807, 2.05) is 0 Å². The average molecular weight is 450 g/mol. The minimum absolute atomic E-state index is 0.00960. The van der Waals surface area contributed by atoms with Gasteiger partial charge < -0.3 is 19.7 Å². The number of sulfonamides is 1. The van der Waals surface area contributed by atoms with Crippen LogP contribution in [0.2, 0.25) is 0 Å². The number of nitrogens with one attached hydrogen (secondary N) is 2. The molecule has 11 heteroatoms. The van der Waals surface area contributed by atoms with E-state index in [-0.39, 0.29) is 23.3 Å². The van der Waals surface area contributed by atoms with Crippen molar-refractivity contribution >= 4 is 45.0 Å². The summed E-state index contributed by atoms with van der Waals surface area (Å²) < 4.78 is 38.6. The van der Waals surface area contributed by atoms with E-state index < -0.39 is 10.0 Å². The Morgan fingerprint density at radius 3 is 2.43 bits per heavy atom. The topological polar surface area (TPSA) is 114 Å². The first kappa shape index (κ1) is 20.4. The molecule has 0 aliphatic carbocycles. The molecule has 2 heterocycles. The first-order chi connectivity index (χ1) is 14.4. The molecular weight excluding hydrogens is 430 g/mol. The van der Waals surface area contributed by atoms with Crippen LogP contribution in [0, 0.1) is 0 Å². The van der Waals surface area contributed by atoms with Crippen molar-refractivity contribution in [2.24, 2.45) is 0 Å². The smallest absolute Gasteiger partial charge is 0.262 e. The first-order valence-electron chi connectivity index (χ1n) is 9.09. The molecule has 0 unspecified atom stereocenters. The van der Waals surface area contributed by atoms with Crippen molar-refractivity contribution in [2.75, 3.05) is 41.4 Å². The van der Waals surface area contributed by atoms with E-state index in [0.717, 1.165) is 0 Å². The summed E-state index contributed by atoms with van der Waals surface area (Å²) in [6.45, 7) is 0.778. The highest BCUT2D eigenvalue weighted by Crippen LogP contribution is 2.32. The van der Waals surface area contributed by atoms with Gasteiger partial charge >= 0.3 is 0 Å². The van der Waals surface area contributed by atoms with E-state index in [1.54, 1.807) is 30.3 Å². The number of anilines is 2. The molecule has 0 saturated carbocycles. The van der Waals surface area contributed by atoms with Gasteiger partial charge in [0.25, 0.3) is 10.0 Å². The van der Waals surface area contributed by atoms with Crippen LogP contribution >= 0.6 is 11.8 Å². The minimum Gasteiger partial charge on any atom is -0.486 e. The highest BCUT2D eigenvalue weighted by atomic mass is 32.2. The molecule has 0 atom stereocenters. The van der Waals surface area contributed by atoms with E-state index in [2.05, 4.69) is 10.0 Å². The van der Waals surface area contributed by atoms with Crippen molar-refractivity contribution < 1.29 is 27.5 Å². The fourth-order valence-corrected chi connectivity index (χ4v) is 4.92. The zero-order valence-corrected chi connectivity index (χ0v) is 17.4. The number of fused-ring (bicyclic) bond motifs is 1. The summed E-state index contributed by atoms with van der Waals surface area (Å²) in [4.78, 5) is 25.2. The van der Waals surface area contributed by atoms with Gasteiger partial charge in [0, 0.05) is 17.4 Å². The SMILES string of the molecule is O=C(CN1CSCC1=O)Nc1ccc(NS(=O)(=O)c2ccc3c(c2)OCCO3)cc1. The molecule has 30 heavy (non-hydrogen) atoms. The Balaban J connectivity index is 1.39. The van der Waals surface area contributed by atoms with Crippen molar-refractivity contribution in [3.63, 3.8) is 0 Å². The lowest BCUT2D eigenvalue weighted by atomic mass is 10.3. The van der Waals surface area contributed by atoms with Gasteiger partial charge in [0.15, 0.2) is 11.5 Å². The van der Waals surface area contributed by atoms with Crippen LogP contribution in [0.1, 0.15) is 0 Å². The largest absolute Gasteiger partial charge is 0.486 e. The lowest BCUT2D eigenvalue weighted by Crippen LogP contribution is -2.34. The number of ether oxygens (including phenoxy) is 2. The number of carbonyl (C=O) groups is 2. The molecule has 9 nitrogen and oxygen atoms in total. The van der Waals surface area contributed by atoms with Gasteiger partial charge in [-0.2, -0.15) is 0 Å². The molecule has 2 aromatic carbocycles. The average Bonchev–Trinajstić information content (AvgIpc) is 3.13. The van der Waals surface area contributed by atoms with Gasteiger partial charge in [-0.05, 0) is 36.4 Å². The van der Waals surface area contributed by atoms with Crippen LogP contribution in [-0.2, 0) is 19.6 Å². The second-order valence-corrected chi connectivity index (χ2v) is 9.24. The van der Waals surface area contributed by atoms with E-state index >= 15 is 0 Å². The number of benzene rings is 2. The molecule has 4 rings (SSSR count). The maximum Gasteiger partial charge on any atom is 0.262 e.